The lowest BCUT2D eigenvalue weighted by molar-refractivity contribution is 0.194. The maximum Gasteiger partial charge on any atom is 0.144 e. The fourth-order valence-corrected chi connectivity index (χ4v) is 4.31. The number of nitrogens with two attached hydrogens (primary N) is 2. The molecule has 0 radical (unpaired) electrons. The van der Waals surface area contributed by atoms with E-state index in [1.807, 2.05) is 4.90 Å². The summed E-state index contributed by atoms with van der Waals surface area (Å²) in [7, 11) is 1.70. The molecule has 2 aromatic rings. The standard InChI is InChI=1S/C16H20ClFN6/c1-22-10-3-8(18)13(17)11-12(15(20)23-14(10)11)16(21)24-4-6-2-9(19)7(6)5-24/h3,6-7,9,21-23H,2,4-5,19-20H2,1H3. The summed E-state index contributed by atoms with van der Waals surface area (Å²) in [5.74, 6) is 1.02. The lowest BCUT2D eigenvalue weighted by Gasteiger charge is -2.36. The van der Waals surface area contributed by atoms with Crippen molar-refractivity contribution in [2.24, 2.45) is 17.6 Å². The fourth-order valence-electron chi connectivity index (χ4n) is 4.07. The van der Waals surface area contributed by atoms with Crippen LogP contribution in [0.25, 0.3) is 10.9 Å². The molecule has 3 unspecified atom stereocenters. The smallest absolute Gasteiger partial charge is 0.144 e. The van der Waals surface area contributed by atoms with Crippen LogP contribution in [-0.2, 0) is 0 Å². The molecule has 1 aliphatic carbocycles. The zero-order valence-corrected chi connectivity index (χ0v) is 14.0. The predicted octanol–water partition coefficient (Wildman–Crippen LogP) is 2.19. The van der Waals surface area contributed by atoms with E-state index in [9.17, 15) is 4.39 Å². The molecule has 4 rings (SSSR count). The first kappa shape index (κ1) is 15.5. The number of benzene rings is 1. The van der Waals surface area contributed by atoms with E-state index >= 15 is 0 Å². The number of nitrogens with one attached hydrogen (secondary N) is 3. The van der Waals surface area contributed by atoms with Gasteiger partial charge in [-0.1, -0.05) is 11.6 Å². The van der Waals surface area contributed by atoms with Gasteiger partial charge in [0.25, 0.3) is 0 Å². The number of fused-ring (bicyclic) bond motifs is 2. The van der Waals surface area contributed by atoms with Gasteiger partial charge in [-0.25, -0.2) is 4.39 Å². The normalized spacial score (nSPS) is 25.7. The van der Waals surface area contributed by atoms with Crippen LogP contribution in [-0.4, -0.2) is 41.9 Å². The van der Waals surface area contributed by atoms with Crippen molar-refractivity contribution in [3.63, 3.8) is 0 Å². The molecule has 2 heterocycles. The minimum Gasteiger partial charge on any atom is -0.386 e. The Kier molecular flexibility index (Phi) is 3.40. The molecular weight excluding hydrogens is 331 g/mol. The van der Waals surface area contributed by atoms with Gasteiger partial charge >= 0.3 is 0 Å². The highest BCUT2D eigenvalue weighted by Gasteiger charge is 2.46. The molecule has 1 aromatic heterocycles. The SMILES string of the molecule is CNc1cc(F)c(Cl)c2c(C(=N)N3CC4CC(N)C4C3)c(N)[nH]c12. The van der Waals surface area contributed by atoms with E-state index in [4.69, 9.17) is 28.5 Å². The number of aromatic amines is 1. The van der Waals surface area contributed by atoms with Crippen LogP contribution in [0.3, 0.4) is 0 Å². The second kappa shape index (κ2) is 5.26. The minimum absolute atomic E-state index is 0.0180. The second-order valence-corrected chi connectivity index (χ2v) is 7.09. The molecule has 7 N–H and O–H groups in total. The van der Waals surface area contributed by atoms with Gasteiger partial charge in [0.2, 0.25) is 0 Å². The number of rotatable bonds is 2. The Bertz CT molecular complexity index is 847. The van der Waals surface area contributed by atoms with Crippen molar-refractivity contribution in [3.8, 4) is 0 Å². The average Bonchev–Trinajstić information content (AvgIpc) is 3.07. The van der Waals surface area contributed by atoms with Gasteiger partial charge in [0.05, 0.1) is 21.8 Å². The van der Waals surface area contributed by atoms with E-state index in [-0.39, 0.29) is 16.9 Å². The zero-order chi connectivity index (χ0) is 17.2. The minimum atomic E-state index is -0.537. The van der Waals surface area contributed by atoms with Gasteiger partial charge in [0.15, 0.2) is 0 Å². The fraction of sp³-hybridized carbons (Fsp3) is 0.438. The Balaban J connectivity index is 1.80. The first-order valence-corrected chi connectivity index (χ1v) is 8.36. The lowest BCUT2D eigenvalue weighted by Crippen LogP contribution is -2.46. The predicted molar refractivity (Wildman–Crippen MR) is 95.2 cm³/mol. The molecule has 6 nitrogen and oxygen atoms in total. The molecule has 3 atom stereocenters. The summed E-state index contributed by atoms with van der Waals surface area (Å²) in [4.78, 5) is 5.01. The van der Waals surface area contributed by atoms with E-state index < -0.39 is 5.82 Å². The van der Waals surface area contributed by atoms with Gasteiger partial charge in [0, 0.05) is 37.6 Å². The quantitative estimate of drug-likeness (QED) is 0.422. The van der Waals surface area contributed by atoms with Crippen LogP contribution < -0.4 is 16.8 Å². The van der Waals surface area contributed by atoms with Crippen molar-refractivity contribution < 1.29 is 4.39 Å². The summed E-state index contributed by atoms with van der Waals surface area (Å²) in [5.41, 5.74) is 13.8. The summed E-state index contributed by atoms with van der Waals surface area (Å²) < 4.78 is 14.2. The highest BCUT2D eigenvalue weighted by molar-refractivity contribution is 6.38. The summed E-state index contributed by atoms with van der Waals surface area (Å²) >= 11 is 6.20. The number of halogens is 2. The van der Waals surface area contributed by atoms with Crippen LogP contribution in [0.1, 0.15) is 12.0 Å². The van der Waals surface area contributed by atoms with E-state index in [0.29, 0.717) is 39.8 Å². The Morgan fingerprint density at radius 2 is 2.25 bits per heavy atom. The number of anilines is 2. The number of hydrogen-bond acceptors (Lipinski definition) is 4. The van der Waals surface area contributed by atoms with Crippen LogP contribution >= 0.6 is 11.6 Å². The summed E-state index contributed by atoms with van der Waals surface area (Å²) in [6, 6.07) is 1.54. The lowest BCUT2D eigenvalue weighted by atomic mass is 9.72. The monoisotopic (exact) mass is 350 g/mol. The zero-order valence-electron chi connectivity index (χ0n) is 13.3. The summed E-state index contributed by atoms with van der Waals surface area (Å²) in [6.45, 7) is 1.53. The molecule has 0 spiro atoms. The molecule has 2 fully saturated rings. The van der Waals surface area contributed by atoms with Crippen LogP contribution in [0.2, 0.25) is 5.02 Å². The number of hydrogen-bond donors (Lipinski definition) is 5. The highest BCUT2D eigenvalue weighted by atomic mass is 35.5. The molecule has 1 saturated carbocycles. The Hall–Kier alpha value is -1.99. The third kappa shape index (κ3) is 2.01. The second-order valence-electron chi connectivity index (χ2n) is 6.71. The number of nitrogen functional groups attached to an aromatic ring is 1. The first-order chi connectivity index (χ1) is 11.4. The first-order valence-electron chi connectivity index (χ1n) is 7.98. The molecule has 0 amide bonds. The molecule has 1 aliphatic heterocycles. The number of likely N-dealkylation sites (tertiary alicyclic amines) is 1. The Morgan fingerprint density at radius 1 is 1.50 bits per heavy atom. The van der Waals surface area contributed by atoms with Crippen LogP contribution in [0.5, 0.6) is 0 Å². The molecular formula is C16H20ClFN6. The van der Waals surface area contributed by atoms with Gasteiger partial charge < -0.3 is 26.7 Å². The average molecular weight is 351 g/mol. The third-order valence-corrected chi connectivity index (χ3v) is 5.81. The molecule has 8 heteroatoms. The maximum absolute atomic E-state index is 14.2. The number of aromatic nitrogens is 1. The van der Waals surface area contributed by atoms with Crippen molar-refractivity contribution in [1.82, 2.24) is 9.88 Å². The topological polar surface area (TPSA) is 107 Å². The van der Waals surface area contributed by atoms with Gasteiger partial charge in [-0.2, -0.15) is 0 Å². The Morgan fingerprint density at radius 3 is 2.88 bits per heavy atom. The third-order valence-electron chi connectivity index (χ3n) is 5.44. The van der Waals surface area contributed by atoms with Crippen molar-refractivity contribution in [3.05, 3.63) is 22.5 Å². The molecule has 0 bridgehead atoms. The Labute approximate surface area is 143 Å². The van der Waals surface area contributed by atoms with Gasteiger partial charge in [-0.3, -0.25) is 5.41 Å². The number of nitrogens with zero attached hydrogens (tertiary/aromatic N) is 1. The maximum atomic E-state index is 14.2. The molecule has 128 valence electrons. The van der Waals surface area contributed by atoms with Crippen molar-refractivity contribution >= 4 is 39.8 Å². The summed E-state index contributed by atoms with van der Waals surface area (Å²) in [5, 5.41) is 12.0. The van der Waals surface area contributed by atoms with Crippen LogP contribution in [0, 0.1) is 23.1 Å². The number of amidine groups is 1. The van der Waals surface area contributed by atoms with E-state index in [2.05, 4.69) is 10.3 Å². The van der Waals surface area contributed by atoms with Gasteiger partial charge in [-0.05, 0) is 18.3 Å². The molecule has 2 aliphatic rings. The van der Waals surface area contributed by atoms with Crippen LogP contribution in [0.15, 0.2) is 6.07 Å². The van der Waals surface area contributed by atoms with Crippen molar-refractivity contribution in [2.45, 2.75) is 12.5 Å². The van der Waals surface area contributed by atoms with Gasteiger partial charge in [0.1, 0.15) is 17.5 Å². The molecule has 1 saturated heterocycles. The summed E-state index contributed by atoms with van der Waals surface area (Å²) in [6.07, 6.45) is 0.997. The van der Waals surface area contributed by atoms with Crippen molar-refractivity contribution in [2.75, 3.05) is 31.2 Å². The van der Waals surface area contributed by atoms with E-state index in [0.717, 1.165) is 19.5 Å². The highest BCUT2D eigenvalue weighted by Crippen LogP contribution is 2.42. The van der Waals surface area contributed by atoms with Crippen molar-refractivity contribution in [1.29, 1.82) is 5.41 Å². The van der Waals surface area contributed by atoms with Gasteiger partial charge in [-0.15, -0.1) is 0 Å². The van der Waals surface area contributed by atoms with E-state index in [1.165, 1.54) is 6.07 Å². The molecule has 24 heavy (non-hydrogen) atoms. The van der Waals surface area contributed by atoms with E-state index in [1.54, 1.807) is 7.05 Å². The number of H-pyrrole nitrogens is 1. The van der Waals surface area contributed by atoms with Crippen LogP contribution in [0.4, 0.5) is 15.9 Å². The molecule has 1 aromatic carbocycles. The largest absolute Gasteiger partial charge is 0.386 e.